The van der Waals surface area contributed by atoms with Gasteiger partial charge in [0.25, 0.3) is 0 Å². The molecule has 1 aliphatic heterocycles. The lowest BCUT2D eigenvalue weighted by Gasteiger charge is -2.26. The Morgan fingerprint density at radius 2 is 2.22 bits per heavy atom. The number of halogens is 1. The summed E-state index contributed by atoms with van der Waals surface area (Å²) >= 11 is 6.15. The largest absolute Gasteiger partial charge is 0.335 e. The van der Waals surface area contributed by atoms with Gasteiger partial charge in [0.2, 0.25) is 5.91 Å². The zero-order valence-corrected chi connectivity index (χ0v) is 15.2. The van der Waals surface area contributed by atoms with Gasteiger partial charge in [-0.2, -0.15) is 5.10 Å². The van der Waals surface area contributed by atoms with Crippen molar-refractivity contribution in [2.24, 2.45) is 7.05 Å². The lowest BCUT2D eigenvalue weighted by Crippen LogP contribution is -2.40. The van der Waals surface area contributed by atoms with E-state index in [2.05, 4.69) is 5.10 Å². The summed E-state index contributed by atoms with van der Waals surface area (Å²) in [5.41, 5.74) is 1.45. The maximum absolute atomic E-state index is 12.5. The van der Waals surface area contributed by atoms with Crippen LogP contribution >= 0.6 is 11.6 Å². The number of rotatable bonds is 5. The molecule has 1 fully saturated rings. The van der Waals surface area contributed by atoms with Crippen LogP contribution in [-0.2, 0) is 21.7 Å². The summed E-state index contributed by atoms with van der Waals surface area (Å²) in [6.45, 7) is 4.34. The Labute approximate surface area is 142 Å². The average molecular weight is 360 g/mol. The van der Waals surface area contributed by atoms with Crippen LogP contribution in [0.25, 0.3) is 6.08 Å². The normalized spacial score (nSPS) is 20.3. The zero-order valence-electron chi connectivity index (χ0n) is 13.6. The number of aryl methyl sites for hydroxylation is 2. The molecule has 0 spiro atoms. The van der Waals surface area contributed by atoms with Crippen LogP contribution in [0.3, 0.4) is 0 Å². The van der Waals surface area contributed by atoms with E-state index in [1.165, 1.54) is 6.08 Å². The Morgan fingerprint density at radius 3 is 2.70 bits per heavy atom. The first-order valence-corrected chi connectivity index (χ1v) is 9.83. The van der Waals surface area contributed by atoms with Crippen molar-refractivity contribution < 1.29 is 13.2 Å². The number of sulfone groups is 1. The number of amides is 1. The molecular weight excluding hydrogens is 338 g/mol. The summed E-state index contributed by atoms with van der Waals surface area (Å²) in [5.74, 6) is 0.0232. The zero-order chi connectivity index (χ0) is 17.2. The molecule has 0 radical (unpaired) electrons. The van der Waals surface area contributed by atoms with E-state index in [0.717, 1.165) is 12.1 Å². The van der Waals surface area contributed by atoms with Crippen molar-refractivity contribution in [3.63, 3.8) is 0 Å². The third kappa shape index (κ3) is 4.14. The molecule has 0 saturated carbocycles. The predicted octanol–water partition coefficient (Wildman–Crippen LogP) is 1.82. The van der Waals surface area contributed by atoms with Crippen molar-refractivity contribution in [3.05, 3.63) is 22.5 Å². The molecule has 1 amide bonds. The molecule has 1 saturated heterocycles. The lowest BCUT2D eigenvalue weighted by atomic mass is 10.2. The second-order valence-corrected chi connectivity index (χ2v) is 8.42. The number of nitrogens with zero attached hydrogens (tertiary/aromatic N) is 3. The molecule has 6 nitrogen and oxygen atoms in total. The Hall–Kier alpha value is -1.34. The molecule has 1 unspecified atom stereocenters. The number of carbonyl (C=O) groups is 1. The van der Waals surface area contributed by atoms with Crippen LogP contribution in [0.1, 0.15) is 31.0 Å². The SMILES string of the molecule is CCCN(C(=O)/C=C/c1c(C)nn(C)c1Cl)C1CCS(=O)(=O)C1. The van der Waals surface area contributed by atoms with Crippen LogP contribution < -0.4 is 0 Å². The van der Waals surface area contributed by atoms with E-state index in [1.54, 1.807) is 22.7 Å². The minimum atomic E-state index is -3.02. The second kappa shape index (κ2) is 7.05. The Morgan fingerprint density at radius 1 is 1.52 bits per heavy atom. The number of hydrogen-bond acceptors (Lipinski definition) is 4. The van der Waals surface area contributed by atoms with Gasteiger partial charge < -0.3 is 4.90 Å². The number of carbonyl (C=O) groups excluding carboxylic acids is 1. The molecule has 1 aromatic heterocycles. The highest BCUT2D eigenvalue weighted by Crippen LogP contribution is 2.22. The monoisotopic (exact) mass is 359 g/mol. The van der Waals surface area contributed by atoms with Crippen molar-refractivity contribution in [2.75, 3.05) is 18.1 Å². The Bertz CT molecular complexity index is 725. The number of hydrogen-bond donors (Lipinski definition) is 0. The third-order valence-corrected chi connectivity index (χ3v) is 6.18. The first-order chi connectivity index (χ1) is 10.7. The molecule has 0 bridgehead atoms. The molecule has 2 rings (SSSR count). The summed E-state index contributed by atoms with van der Waals surface area (Å²) in [6.07, 6.45) is 4.40. The van der Waals surface area contributed by atoms with Gasteiger partial charge in [0.15, 0.2) is 9.84 Å². The molecule has 0 aliphatic carbocycles. The highest BCUT2D eigenvalue weighted by molar-refractivity contribution is 7.91. The van der Waals surface area contributed by atoms with Crippen LogP contribution in [0.15, 0.2) is 6.08 Å². The van der Waals surface area contributed by atoms with Crippen molar-refractivity contribution in [1.82, 2.24) is 14.7 Å². The molecule has 1 aliphatic rings. The van der Waals surface area contributed by atoms with Gasteiger partial charge in [-0.1, -0.05) is 18.5 Å². The van der Waals surface area contributed by atoms with Crippen molar-refractivity contribution in [3.8, 4) is 0 Å². The van der Waals surface area contributed by atoms with Crippen LogP contribution in [-0.4, -0.2) is 53.1 Å². The molecule has 2 heterocycles. The first kappa shape index (κ1) is 18.0. The maximum Gasteiger partial charge on any atom is 0.246 e. The predicted molar refractivity (Wildman–Crippen MR) is 91.1 cm³/mol. The molecule has 0 aromatic carbocycles. The smallest absolute Gasteiger partial charge is 0.246 e. The van der Waals surface area contributed by atoms with Gasteiger partial charge in [-0.05, 0) is 25.8 Å². The Kier molecular flexibility index (Phi) is 5.52. The lowest BCUT2D eigenvalue weighted by molar-refractivity contribution is -0.127. The van der Waals surface area contributed by atoms with E-state index in [1.807, 2.05) is 13.8 Å². The van der Waals surface area contributed by atoms with E-state index >= 15 is 0 Å². The molecule has 128 valence electrons. The minimum absolute atomic E-state index is 0.0548. The summed E-state index contributed by atoms with van der Waals surface area (Å²) in [5, 5.41) is 4.66. The van der Waals surface area contributed by atoms with Gasteiger partial charge >= 0.3 is 0 Å². The highest BCUT2D eigenvalue weighted by Gasteiger charge is 2.33. The fourth-order valence-corrected chi connectivity index (χ4v) is 4.79. The fraction of sp³-hybridized carbons (Fsp3) is 0.600. The topological polar surface area (TPSA) is 72.3 Å². The van der Waals surface area contributed by atoms with Gasteiger partial charge in [0.1, 0.15) is 5.15 Å². The summed E-state index contributed by atoms with van der Waals surface area (Å²) in [7, 11) is -1.28. The van der Waals surface area contributed by atoms with Crippen molar-refractivity contribution in [1.29, 1.82) is 0 Å². The van der Waals surface area contributed by atoms with E-state index < -0.39 is 9.84 Å². The Balaban J connectivity index is 2.17. The van der Waals surface area contributed by atoms with Crippen LogP contribution in [0.5, 0.6) is 0 Å². The van der Waals surface area contributed by atoms with Gasteiger partial charge in [0.05, 0.1) is 17.2 Å². The fourth-order valence-electron chi connectivity index (χ4n) is 2.82. The van der Waals surface area contributed by atoms with Crippen molar-refractivity contribution >= 4 is 33.4 Å². The molecule has 8 heteroatoms. The second-order valence-electron chi connectivity index (χ2n) is 5.84. The van der Waals surface area contributed by atoms with Crippen molar-refractivity contribution in [2.45, 2.75) is 32.7 Å². The quantitative estimate of drug-likeness (QED) is 0.752. The van der Waals surface area contributed by atoms with E-state index in [9.17, 15) is 13.2 Å². The molecular formula is C15H22ClN3O3S. The summed E-state index contributed by atoms with van der Waals surface area (Å²) in [6, 6.07) is -0.234. The van der Waals surface area contributed by atoms with Crippen LogP contribution in [0.4, 0.5) is 0 Å². The van der Waals surface area contributed by atoms with Gasteiger partial charge in [-0.15, -0.1) is 0 Å². The summed E-state index contributed by atoms with van der Waals surface area (Å²) in [4.78, 5) is 14.2. The average Bonchev–Trinajstić information content (AvgIpc) is 2.94. The van der Waals surface area contributed by atoms with Crippen LogP contribution in [0.2, 0.25) is 5.15 Å². The van der Waals surface area contributed by atoms with E-state index in [4.69, 9.17) is 11.6 Å². The first-order valence-electron chi connectivity index (χ1n) is 7.63. The third-order valence-electron chi connectivity index (χ3n) is 3.99. The maximum atomic E-state index is 12.5. The van der Waals surface area contributed by atoms with E-state index in [-0.39, 0.29) is 23.5 Å². The standard InChI is InChI=1S/C15H22ClN3O3S/c1-4-8-19(12-7-9-23(21,22)10-12)14(20)6-5-13-11(2)17-18(3)15(13)16/h5-6,12H,4,7-10H2,1-3H3/b6-5+. The molecule has 1 atom stereocenters. The number of aromatic nitrogens is 2. The van der Waals surface area contributed by atoms with Gasteiger partial charge in [-0.25, -0.2) is 8.42 Å². The molecule has 23 heavy (non-hydrogen) atoms. The minimum Gasteiger partial charge on any atom is -0.335 e. The van der Waals surface area contributed by atoms with Gasteiger partial charge in [-0.3, -0.25) is 9.48 Å². The van der Waals surface area contributed by atoms with Crippen LogP contribution in [0, 0.1) is 6.92 Å². The molecule has 1 aromatic rings. The summed E-state index contributed by atoms with van der Waals surface area (Å²) < 4.78 is 24.9. The van der Waals surface area contributed by atoms with Gasteiger partial charge in [0, 0.05) is 31.3 Å². The van der Waals surface area contributed by atoms with E-state index in [0.29, 0.717) is 23.7 Å². The molecule has 0 N–H and O–H groups in total. The highest BCUT2D eigenvalue weighted by atomic mass is 35.5.